The van der Waals surface area contributed by atoms with Crippen molar-refractivity contribution in [3.63, 3.8) is 0 Å². The number of carboxylic acid groups (broad SMARTS) is 1. The third-order valence-electron chi connectivity index (χ3n) is 7.85. The van der Waals surface area contributed by atoms with Gasteiger partial charge in [-0.15, -0.1) is 0 Å². The molecule has 0 saturated carbocycles. The average molecular weight is 697 g/mol. The van der Waals surface area contributed by atoms with Gasteiger partial charge < -0.3 is 25.1 Å². The van der Waals surface area contributed by atoms with E-state index in [2.05, 4.69) is 15.3 Å². The summed E-state index contributed by atoms with van der Waals surface area (Å²) in [6.07, 6.45) is 1.13. The van der Waals surface area contributed by atoms with Crippen LogP contribution < -0.4 is 15.4 Å². The second-order valence-corrected chi connectivity index (χ2v) is 12.8. The van der Waals surface area contributed by atoms with Crippen LogP contribution in [0.2, 0.25) is 0 Å². The number of aliphatic carboxylic acids is 1. The lowest BCUT2D eigenvalue weighted by Crippen LogP contribution is -2.53. The van der Waals surface area contributed by atoms with Crippen LogP contribution in [0.3, 0.4) is 0 Å². The van der Waals surface area contributed by atoms with Gasteiger partial charge in [-0.3, -0.25) is 14.4 Å². The first-order chi connectivity index (χ1) is 24.3. The summed E-state index contributed by atoms with van der Waals surface area (Å²) in [4.78, 5) is 51.2. The van der Waals surface area contributed by atoms with Crippen LogP contribution in [0.25, 0.3) is 5.76 Å². The van der Waals surface area contributed by atoms with E-state index in [1.54, 1.807) is 72.8 Å². The SMILES string of the molecule is CC(C)(C)c1ccc(C(=O)/C=C(\OB(F)F)c2ccc(OCC(=O)N[C@@H](Cc3ccccc3)C(=O)N[C@@H](Cc3ccccc3)C(=O)O)cc2)cc1. The van der Waals surface area contributed by atoms with Crippen molar-refractivity contribution in [2.24, 2.45) is 0 Å². The summed E-state index contributed by atoms with van der Waals surface area (Å²) in [6.45, 7) is 5.59. The second-order valence-electron chi connectivity index (χ2n) is 12.8. The normalized spacial score (nSPS) is 12.6. The maximum Gasteiger partial charge on any atom is 0.796 e. The Morgan fingerprint density at radius 1 is 0.745 bits per heavy atom. The minimum Gasteiger partial charge on any atom is -0.505 e. The summed E-state index contributed by atoms with van der Waals surface area (Å²) in [6, 6.07) is 27.9. The number of benzene rings is 4. The highest BCUT2D eigenvalue weighted by Crippen LogP contribution is 2.25. The number of hydrogen-bond acceptors (Lipinski definition) is 6. The maximum absolute atomic E-state index is 13.3. The second kappa shape index (κ2) is 17.8. The molecule has 0 aliphatic heterocycles. The standard InChI is InChI=1S/C39H39BF2N2O7/c1-39(2,3)30-18-14-28(15-19-30)34(45)24-35(51-40(41)42)29-16-20-31(21-17-29)50-25-36(46)43-32(22-26-10-6-4-7-11-26)37(47)44-33(38(48)49)23-27-12-8-5-9-13-27/h4-21,24,32-33H,22-23,25H2,1-3H3,(H,43,46)(H,44,47)(H,48,49)/b35-24-/t32-,33-/m0/s1. The van der Waals surface area contributed by atoms with Crippen molar-refractivity contribution in [1.29, 1.82) is 0 Å². The van der Waals surface area contributed by atoms with E-state index in [9.17, 15) is 32.9 Å². The molecule has 51 heavy (non-hydrogen) atoms. The molecular weight excluding hydrogens is 657 g/mol. The molecule has 4 rings (SSSR count). The molecule has 9 nitrogen and oxygen atoms in total. The first-order valence-corrected chi connectivity index (χ1v) is 16.2. The average Bonchev–Trinajstić information content (AvgIpc) is 3.10. The predicted molar refractivity (Wildman–Crippen MR) is 190 cm³/mol. The van der Waals surface area contributed by atoms with Crippen LogP contribution in [0.5, 0.6) is 5.75 Å². The molecule has 2 atom stereocenters. The molecule has 2 amide bonds. The van der Waals surface area contributed by atoms with Crippen LogP contribution in [0.15, 0.2) is 115 Å². The van der Waals surface area contributed by atoms with Crippen LogP contribution in [0, 0.1) is 0 Å². The van der Waals surface area contributed by atoms with E-state index in [0.29, 0.717) is 11.1 Å². The van der Waals surface area contributed by atoms with E-state index < -0.39 is 49.7 Å². The molecule has 0 bridgehead atoms. The zero-order valence-electron chi connectivity index (χ0n) is 28.5. The van der Waals surface area contributed by atoms with E-state index in [0.717, 1.165) is 17.2 Å². The Morgan fingerprint density at radius 3 is 1.78 bits per heavy atom. The Labute approximate surface area is 295 Å². The summed E-state index contributed by atoms with van der Waals surface area (Å²) < 4.78 is 36.9. The van der Waals surface area contributed by atoms with Crippen molar-refractivity contribution in [2.75, 3.05) is 6.61 Å². The van der Waals surface area contributed by atoms with E-state index in [-0.39, 0.29) is 35.3 Å². The highest BCUT2D eigenvalue weighted by Gasteiger charge is 2.27. The van der Waals surface area contributed by atoms with Gasteiger partial charge in [0, 0.05) is 30.0 Å². The molecule has 0 aromatic heterocycles. The van der Waals surface area contributed by atoms with Gasteiger partial charge >= 0.3 is 13.4 Å². The molecule has 0 radical (unpaired) electrons. The zero-order chi connectivity index (χ0) is 37.0. The fraction of sp³-hybridized carbons (Fsp3) is 0.231. The number of carbonyl (C=O) groups is 4. The number of ether oxygens (including phenoxy) is 1. The van der Waals surface area contributed by atoms with Crippen LogP contribution >= 0.6 is 0 Å². The third-order valence-corrected chi connectivity index (χ3v) is 7.85. The molecule has 0 saturated heterocycles. The van der Waals surface area contributed by atoms with E-state index in [1.165, 1.54) is 24.3 Å². The highest BCUT2D eigenvalue weighted by molar-refractivity contribution is 6.36. The van der Waals surface area contributed by atoms with Gasteiger partial charge in [-0.05, 0) is 46.4 Å². The van der Waals surface area contributed by atoms with Crippen molar-refractivity contribution in [2.45, 2.75) is 51.1 Å². The number of nitrogens with one attached hydrogen (secondary N) is 2. The lowest BCUT2D eigenvalue weighted by atomic mass is 9.86. The zero-order valence-corrected chi connectivity index (χ0v) is 28.5. The fourth-order valence-electron chi connectivity index (χ4n) is 5.10. The minimum atomic E-state index is -3.18. The molecule has 0 fully saturated rings. The molecule has 0 unspecified atom stereocenters. The maximum atomic E-state index is 13.3. The first-order valence-electron chi connectivity index (χ1n) is 16.2. The van der Waals surface area contributed by atoms with Crippen LogP contribution in [-0.4, -0.2) is 54.8 Å². The lowest BCUT2D eigenvalue weighted by Gasteiger charge is -2.22. The summed E-state index contributed by atoms with van der Waals surface area (Å²) in [5.74, 6) is -3.23. The molecule has 3 N–H and O–H groups in total. The predicted octanol–water partition coefficient (Wildman–Crippen LogP) is 6.07. The molecule has 12 heteroatoms. The van der Waals surface area contributed by atoms with Crippen LogP contribution in [0.4, 0.5) is 8.63 Å². The van der Waals surface area contributed by atoms with E-state index in [4.69, 9.17) is 4.74 Å². The van der Waals surface area contributed by atoms with Gasteiger partial charge in [0.05, 0.1) is 0 Å². The number of carboxylic acids is 1. The highest BCUT2D eigenvalue weighted by atomic mass is 19.2. The Hall–Kier alpha value is -5.78. The van der Waals surface area contributed by atoms with E-state index in [1.807, 2.05) is 32.9 Å². The monoisotopic (exact) mass is 696 g/mol. The summed E-state index contributed by atoms with van der Waals surface area (Å²) in [5, 5.41) is 14.9. The number of allylic oxidation sites excluding steroid dienone is 1. The summed E-state index contributed by atoms with van der Waals surface area (Å²) in [7, 11) is -3.18. The number of amides is 2. The van der Waals surface area contributed by atoms with Crippen molar-refractivity contribution in [1.82, 2.24) is 10.6 Å². The third kappa shape index (κ3) is 12.0. The summed E-state index contributed by atoms with van der Waals surface area (Å²) >= 11 is 0. The molecule has 0 heterocycles. The molecule has 0 aliphatic carbocycles. The first kappa shape index (κ1) is 38.0. The smallest absolute Gasteiger partial charge is 0.505 e. The quantitative estimate of drug-likeness (QED) is 0.0562. The molecule has 0 aliphatic rings. The van der Waals surface area contributed by atoms with Gasteiger partial charge in [0.2, 0.25) is 5.91 Å². The molecule has 264 valence electrons. The Morgan fingerprint density at radius 2 is 1.27 bits per heavy atom. The Balaban J connectivity index is 1.42. The lowest BCUT2D eigenvalue weighted by molar-refractivity contribution is -0.142. The summed E-state index contributed by atoms with van der Waals surface area (Å²) in [5.41, 5.74) is 2.82. The van der Waals surface area contributed by atoms with Gasteiger partial charge in [-0.25, -0.2) is 13.4 Å². The van der Waals surface area contributed by atoms with Gasteiger partial charge in [-0.1, -0.05) is 106 Å². The minimum absolute atomic E-state index is 0.0466. The van der Waals surface area contributed by atoms with Gasteiger partial charge in [0.1, 0.15) is 23.6 Å². The number of hydrogen-bond donors (Lipinski definition) is 3. The van der Waals surface area contributed by atoms with Crippen molar-refractivity contribution >= 4 is 36.8 Å². The van der Waals surface area contributed by atoms with E-state index >= 15 is 0 Å². The van der Waals surface area contributed by atoms with Gasteiger partial charge in [0.25, 0.3) is 5.91 Å². The van der Waals surface area contributed by atoms with Crippen LogP contribution in [-0.2, 0) is 37.3 Å². The molecule has 4 aromatic rings. The molecule has 0 spiro atoms. The molecular formula is C39H39BF2N2O7. The number of rotatable bonds is 16. The van der Waals surface area contributed by atoms with Gasteiger partial charge in [0.15, 0.2) is 12.4 Å². The Kier molecular flexibility index (Phi) is 13.2. The number of ketones is 1. The van der Waals surface area contributed by atoms with Crippen LogP contribution in [0.1, 0.15) is 53.4 Å². The molecule has 4 aromatic carbocycles. The largest absolute Gasteiger partial charge is 0.796 e. The fourth-order valence-corrected chi connectivity index (χ4v) is 5.10. The van der Waals surface area contributed by atoms with Gasteiger partial charge in [-0.2, -0.15) is 0 Å². The van der Waals surface area contributed by atoms with Crippen molar-refractivity contribution in [3.8, 4) is 5.75 Å². The number of halogens is 2. The Bertz CT molecular complexity index is 1810. The topological polar surface area (TPSA) is 131 Å². The van der Waals surface area contributed by atoms with Crippen molar-refractivity contribution < 1.29 is 42.3 Å². The van der Waals surface area contributed by atoms with Crippen molar-refractivity contribution in [3.05, 3.63) is 143 Å². The number of carbonyl (C=O) groups excluding carboxylic acids is 3.